The Hall–Kier alpha value is -3.39. The highest BCUT2D eigenvalue weighted by molar-refractivity contribution is 6.35. The van der Waals surface area contributed by atoms with Gasteiger partial charge in [0.05, 0.1) is 16.2 Å². The van der Waals surface area contributed by atoms with Crippen molar-refractivity contribution in [1.82, 2.24) is 14.8 Å². The number of nitrogens with zero attached hydrogens (tertiary/aromatic N) is 3. The molecule has 9 heteroatoms. The van der Waals surface area contributed by atoms with Gasteiger partial charge in [-0.3, -0.25) is 4.79 Å². The maximum absolute atomic E-state index is 13.8. The van der Waals surface area contributed by atoms with E-state index in [0.717, 1.165) is 0 Å². The Morgan fingerprint density at radius 1 is 1.16 bits per heavy atom. The second-order valence-electron chi connectivity index (χ2n) is 7.46. The minimum absolute atomic E-state index is 0.224. The molecule has 0 spiro atoms. The molecule has 0 radical (unpaired) electrons. The molecule has 0 unspecified atom stereocenters. The molecule has 0 bridgehead atoms. The molecule has 0 aliphatic carbocycles. The number of carbonyl (C=O) groups excluding carboxylic acids is 1. The van der Waals surface area contributed by atoms with E-state index in [0.29, 0.717) is 39.3 Å². The van der Waals surface area contributed by atoms with Crippen molar-refractivity contribution in [3.63, 3.8) is 0 Å². The number of carboxylic acid groups (broad SMARTS) is 1. The molecule has 2 amide bonds. The summed E-state index contributed by atoms with van der Waals surface area (Å²) in [4.78, 5) is 31.7. The van der Waals surface area contributed by atoms with E-state index >= 15 is 0 Å². The van der Waals surface area contributed by atoms with E-state index in [-0.39, 0.29) is 25.0 Å². The van der Waals surface area contributed by atoms with Gasteiger partial charge >= 0.3 is 6.09 Å². The second-order valence-corrected chi connectivity index (χ2v) is 7.87. The van der Waals surface area contributed by atoms with Gasteiger partial charge < -0.3 is 20.0 Å². The Balaban J connectivity index is 1.67. The van der Waals surface area contributed by atoms with Gasteiger partial charge in [-0.05, 0) is 43.3 Å². The van der Waals surface area contributed by atoms with E-state index in [1.165, 1.54) is 23.1 Å². The monoisotopic (exact) mass is 443 g/mol. The number of hydrogen-bond donors (Lipinski definition) is 2. The van der Waals surface area contributed by atoms with Crippen LogP contribution in [-0.2, 0) is 0 Å². The molecule has 1 atom stereocenters. The summed E-state index contributed by atoms with van der Waals surface area (Å²) in [6, 6.07) is 10.3. The number of halogens is 2. The molecule has 160 valence electrons. The molecule has 31 heavy (non-hydrogen) atoms. The zero-order chi connectivity index (χ0) is 22.3. The molecule has 2 N–H and O–H groups in total. The van der Waals surface area contributed by atoms with Crippen molar-refractivity contribution in [2.24, 2.45) is 0 Å². The lowest BCUT2D eigenvalue weighted by Gasteiger charge is -2.38. The van der Waals surface area contributed by atoms with Gasteiger partial charge in [0.15, 0.2) is 11.6 Å². The normalized spacial score (nSPS) is 16.5. The van der Waals surface area contributed by atoms with Crippen molar-refractivity contribution in [2.75, 3.05) is 19.6 Å². The van der Waals surface area contributed by atoms with Gasteiger partial charge in [-0.15, -0.1) is 0 Å². The van der Waals surface area contributed by atoms with Crippen LogP contribution in [-0.4, -0.2) is 62.7 Å². The van der Waals surface area contributed by atoms with Gasteiger partial charge in [-0.2, -0.15) is 0 Å². The van der Waals surface area contributed by atoms with E-state index < -0.39 is 17.7 Å². The second kappa shape index (κ2) is 8.03. The summed E-state index contributed by atoms with van der Waals surface area (Å²) >= 11 is 6.39. The van der Waals surface area contributed by atoms with Crippen LogP contribution in [0.3, 0.4) is 0 Å². The summed E-state index contributed by atoms with van der Waals surface area (Å²) < 4.78 is 13.8. The fraction of sp³-hybridized carbons (Fsp3) is 0.227. The quantitative estimate of drug-likeness (QED) is 0.618. The molecule has 4 rings (SSSR count). The van der Waals surface area contributed by atoms with Crippen LogP contribution in [0.15, 0.2) is 42.5 Å². The topological polar surface area (TPSA) is 94.0 Å². The zero-order valence-corrected chi connectivity index (χ0v) is 17.3. The van der Waals surface area contributed by atoms with Crippen LogP contribution in [0.5, 0.6) is 5.75 Å². The predicted molar refractivity (Wildman–Crippen MR) is 114 cm³/mol. The average molecular weight is 444 g/mol. The molecule has 7 nitrogen and oxygen atoms in total. The number of aromatic nitrogens is 1. The van der Waals surface area contributed by atoms with Crippen molar-refractivity contribution < 1.29 is 24.2 Å². The van der Waals surface area contributed by atoms with Gasteiger partial charge in [-0.1, -0.05) is 17.7 Å². The first-order valence-electron chi connectivity index (χ1n) is 9.62. The fourth-order valence-corrected chi connectivity index (χ4v) is 4.00. The van der Waals surface area contributed by atoms with Gasteiger partial charge in [0.1, 0.15) is 0 Å². The van der Waals surface area contributed by atoms with Crippen LogP contribution < -0.4 is 0 Å². The first-order chi connectivity index (χ1) is 14.7. The minimum Gasteiger partial charge on any atom is -0.505 e. The number of aromatic hydroxyl groups is 1. The molecule has 1 aromatic heterocycles. The Labute approximate surface area is 182 Å². The number of fused-ring (bicyclic) bond motifs is 1. The highest BCUT2D eigenvalue weighted by Crippen LogP contribution is 2.31. The van der Waals surface area contributed by atoms with E-state index in [2.05, 4.69) is 4.98 Å². The van der Waals surface area contributed by atoms with E-state index in [1.54, 1.807) is 36.1 Å². The standard InChI is InChI=1S/C22H19ClFN3O4/c1-12-11-26(22(30)31)6-7-27(12)21(29)14-2-4-15-16(23)10-18(25-19(15)9-14)13-3-5-20(28)17(24)8-13/h2-5,8-10,12,28H,6-7,11H2,1H3,(H,30,31)/t12-/m0/s1. The summed E-state index contributed by atoms with van der Waals surface area (Å²) in [6.45, 7) is 2.60. The number of phenolic OH excluding ortho intramolecular Hbond substituents is 1. The smallest absolute Gasteiger partial charge is 0.407 e. The highest BCUT2D eigenvalue weighted by atomic mass is 35.5. The van der Waals surface area contributed by atoms with E-state index in [1.807, 2.05) is 0 Å². The Bertz CT molecular complexity index is 1200. The summed E-state index contributed by atoms with van der Waals surface area (Å²) in [7, 11) is 0. The van der Waals surface area contributed by atoms with Crippen molar-refractivity contribution in [2.45, 2.75) is 13.0 Å². The molecule has 0 saturated carbocycles. The van der Waals surface area contributed by atoms with Gasteiger partial charge in [0, 0.05) is 42.2 Å². The summed E-state index contributed by atoms with van der Waals surface area (Å²) in [6.07, 6.45) is -0.998. The number of carbonyl (C=O) groups is 2. The molecule has 1 saturated heterocycles. The molecule has 2 aromatic carbocycles. The van der Waals surface area contributed by atoms with Crippen LogP contribution in [0, 0.1) is 5.82 Å². The third kappa shape index (κ3) is 3.98. The van der Waals surface area contributed by atoms with Crippen LogP contribution >= 0.6 is 11.6 Å². The molecule has 1 fully saturated rings. The number of pyridine rings is 1. The van der Waals surface area contributed by atoms with Crippen molar-refractivity contribution in [3.05, 3.63) is 58.9 Å². The lowest BCUT2D eigenvalue weighted by atomic mass is 10.1. The van der Waals surface area contributed by atoms with Crippen LogP contribution in [0.1, 0.15) is 17.3 Å². The lowest BCUT2D eigenvalue weighted by molar-refractivity contribution is 0.0484. The third-order valence-corrected chi connectivity index (χ3v) is 5.72. The molecule has 1 aliphatic heterocycles. The van der Waals surface area contributed by atoms with Gasteiger partial charge in [0.2, 0.25) is 0 Å². The molecular weight excluding hydrogens is 425 g/mol. The summed E-state index contributed by atoms with van der Waals surface area (Å²) in [5, 5.41) is 19.6. The van der Waals surface area contributed by atoms with E-state index in [9.17, 15) is 19.1 Å². The summed E-state index contributed by atoms with van der Waals surface area (Å²) in [5.74, 6) is -1.45. The number of phenols is 1. The minimum atomic E-state index is -0.998. The summed E-state index contributed by atoms with van der Waals surface area (Å²) in [5.41, 5.74) is 1.72. The van der Waals surface area contributed by atoms with Crippen LogP contribution in [0.2, 0.25) is 5.02 Å². The number of piperazine rings is 1. The van der Waals surface area contributed by atoms with Crippen LogP contribution in [0.4, 0.5) is 9.18 Å². The van der Waals surface area contributed by atoms with Crippen LogP contribution in [0.25, 0.3) is 22.2 Å². The third-order valence-electron chi connectivity index (χ3n) is 5.41. The number of benzene rings is 2. The van der Waals surface area contributed by atoms with Crippen molar-refractivity contribution in [1.29, 1.82) is 0 Å². The average Bonchev–Trinajstić information content (AvgIpc) is 2.74. The molecule has 1 aliphatic rings. The fourth-order valence-electron chi connectivity index (χ4n) is 3.73. The number of hydrogen-bond acceptors (Lipinski definition) is 4. The molecular formula is C22H19ClFN3O4. The first kappa shape index (κ1) is 20.9. The maximum atomic E-state index is 13.8. The number of rotatable bonds is 2. The number of amides is 2. The highest BCUT2D eigenvalue weighted by Gasteiger charge is 2.30. The predicted octanol–water partition coefficient (Wildman–Crippen LogP) is 4.22. The van der Waals surface area contributed by atoms with Gasteiger partial charge in [0.25, 0.3) is 5.91 Å². The van der Waals surface area contributed by atoms with Gasteiger partial charge in [-0.25, -0.2) is 14.2 Å². The van der Waals surface area contributed by atoms with Crippen molar-refractivity contribution >= 4 is 34.5 Å². The Morgan fingerprint density at radius 3 is 2.61 bits per heavy atom. The SMILES string of the molecule is C[C@H]1CN(C(=O)O)CCN1C(=O)c1ccc2c(Cl)cc(-c3ccc(O)c(F)c3)nc2c1. The Kier molecular flexibility index (Phi) is 5.41. The Morgan fingerprint density at radius 2 is 1.94 bits per heavy atom. The molecule has 3 aromatic rings. The largest absolute Gasteiger partial charge is 0.505 e. The first-order valence-corrected chi connectivity index (χ1v) is 10.0. The van der Waals surface area contributed by atoms with Crippen molar-refractivity contribution in [3.8, 4) is 17.0 Å². The zero-order valence-electron chi connectivity index (χ0n) is 16.5. The maximum Gasteiger partial charge on any atom is 0.407 e. The van der Waals surface area contributed by atoms with E-state index in [4.69, 9.17) is 16.7 Å². The lowest BCUT2D eigenvalue weighted by Crippen LogP contribution is -2.55. The molecule has 2 heterocycles.